The maximum Gasteiger partial charge on any atom is 0.290 e. The molecular formula is C14H11ClN2O2S. The van der Waals surface area contributed by atoms with Gasteiger partial charge in [-0.1, -0.05) is 23.7 Å². The summed E-state index contributed by atoms with van der Waals surface area (Å²) in [6.45, 7) is 0. The van der Waals surface area contributed by atoms with Crippen LogP contribution >= 0.6 is 23.4 Å². The minimum Gasteiger partial charge on any atom is -0.258 e. The number of hydrogen-bond donors (Lipinski definition) is 0. The lowest BCUT2D eigenvalue weighted by Gasteiger charge is -1.98. The number of rotatable bonds is 4. The Labute approximate surface area is 125 Å². The number of halogens is 1. The van der Waals surface area contributed by atoms with E-state index in [1.54, 1.807) is 24.0 Å². The first-order valence-corrected chi connectivity index (χ1v) is 7.32. The molecule has 0 spiro atoms. The van der Waals surface area contributed by atoms with E-state index in [2.05, 4.69) is 4.99 Å². The van der Waals surface area contributed by atoms with Gasteiger partial charge in [0.2, 0.25) is 0 Å². The summed E-state index contributed by atoms with van der Waals surface area (Å²) in [5, 5.41) is 10.9. The number of nitro benzene ring substituents is 1. The van der Waals surface area contributed by atoms with Crippen molar-refractivity contribution in [1.29, 1.82) is 0 Å². The first-order chi connectivity index (χ1) is 9.60. The highest BCUT2D eigenvalue weighted by Gasteiger charge is 2.11. The van der Waals surface area contributed by atoms with Crippen LogP contribution in [-0.2, 0) is 0 Å². The molecule has 0 saturated heterocycles. The molecule has 2 aromatic rings. The zero-order valence-electron chi connectivity index (χ0n) is 10.6. The normalized spacial score (nSPS) is 10.9. The second-order valence-electron chi connectivity index (χ2n) is 3.92. The summed E-state index contributed by atoms with van der Waals surface area (Å²) in [6.07, 6.45) is 3.67. The molecule has 0 aliphatic carbocycles. The van der Waals surface area contributed by atoms with Gasteiger partial charge in [-0.25, -0.2) is 0 Å². The van der Waals surface area contributed by atoms with Gasteiger partial charge in [0.05, 0.1) is 10.6 Å². The highest BCUT2D eigenvalue weighted by Crippen LogP contribution is 2.28. The van der Waals surface area contributed by atoms with Crippen molar-refractivity contribution in [1.82, 2.24) is 0 Å². The molecule has 2 aromatic carbocycles. The molecule has 102 valence electrons. The van der Waals surface area contributed by atoms with Gasteiger partial charge in [0.15, 0.2) is 0 Å². The molecule has 6 heteroatoms. The van der Waals surface area contributed by atoms with Gasteiger partial charge in [-0.3, -0.25) is 15.1 Å². The molecule has 0 amide bonds. The monoisotopic (exact) mass is 306 g/mol. The third-order valence-electron chi connectivity index (χ3n) is 2.60. The van der Waals surface area contributed by atoms with E-state index in [0.717, 1.165) is 5.56 Å². The van der Waals surface area contributed by atoms with Crippen molar-refractivity contribution in [2.45, 2.75) is 4.90 Å². The lowest BCUT2D eigenvalue weighted by molar-refractivity contribution is -0.384. The zero-order valence-corrected chi connectivity index (χ0v) is 12.2. The van der Waals surface area contributed by atoms with Crippen molar-refractivity contribution >= 4 is 41.0 Å². The van der Waals surface area contributed by atoms with Crippen LogP contribution in [0.15, 0.2) is 52.4 Å². The van der Waals surface area contributed by atoms with Crippen LogP contribution in [0.3, 0.4) is 0 Å². The molecule has 0 fully saturated rings. The minimum atomic E-state index is -0.519. The standard InChI is InChI=1S/C14H11ClN2O2S/c1-20-12-5-2-10(3-6-12)9-16-11-4-7-13(15)14(8-11)17(18)19/h2-9H,1H3. The molecule has 0 unspecified atom stereocenters. The van der Waals surface area contributed by atoms with Crippen LogP contribution in [0.2, 0.25) is 5.02 Å². The summed E-state index contributed by atoms with van der Waals surface area (Å²) in [6, 6.07) is 12.4. The fourth-order valence-electron chi connectivity index (χ4n) is 1.56. The van der Waals surface area contributed by atoms with Gasteiger partial charge in [0.1, 0.15) is 5.02 Å². The Morgan fingerprint density at radius 2 is 1.95 bits per heavy atom. The molecule has 20 heavy (non-hydrogen) atoms. The molecule has 0 aliphatic heterocycles. The summed E-state index contributed by atoms with van der Waals surface area (Å²) < 4.78 is 0. The first-order valence-electron chi connectivity index (χ1n) is 5.72. The van der Waals surface area contributed by atoms with Crippen molar-refractivity contribution in [3.8, 4) is 0 Å². The van der Waals surface area contributed by atoms with Crippen LogP contribution < -0.4 is 0 Å². The zero-order chi connectivity index (χ0) is 14.5. The van der Waals surface area contributed by atoms with Gasteiger partial charge >= 0.3 is 0 Å². The van der Waals surface area contributed by atoms with Gasteiger partial charge in [0.25, 0.3) is 5.69 Å². The highest BCUT2D eigenvalue weighted by atomic mass is 35.5. The Morgan fingerprint density at radius 3 is 2.55 bits per heavy atom. The van der Waals surface area contributed by atoms with Crippen LogP contribution in [-0.4, -0.2) is 17.4 Å². The van der Waals surface area contributed by atoms with Gasteiger partial charge in [-0.2, -0.15) is 0 Å². The van der Waals surface area contributed by atoms with Gasteiger partial charge in [-0.05, 0) is 36.1 Å². The number of nitrogens with zero attached hydrogens (tertiary/aromatic N) is 2. The Bertz CT molecular complexity index is 657. The quantitative estimate of drug-likeness (QED) is 0.355. The van der Waals surface area contributed by atoms with E-state index >= 15 is 0 Å². The third kappa shape index (κ3) is 3.59. The first kappa shape index (κ1) is 14.6. The molecule has 0 saturated carbocycles. The Morgan fingerprint density at radius 1 is 1.25 bits per heavy atom. The van der Waals surface area contributed by atoms with E-state index in [4.69, 9.17) is 11.6 Å². The molecule has 0 atom stereocenters. The summed E-state index contributed by atoms with van der Waals surface area (Å²) in [5.41, 5.74) is 1.29. The average molecular weight is 307 g/mol. The minimum absolute atomic E-state index is 0.110. The Kier molecular flexibility index (Phi) is 4.76. The van der Waals surface area contributed by atoms with Gasteiger partial charge < -0.3 is 0 Å². The van der Waals surface area contributed by atoms with Crippen LogP contribution in [0.4, 0.5) is 11.4 Å². The van der Waals surface area contributed by atoms with E-state index in [-0.39, 0.29) is 10.7 Å². The molecule has 0 aromatic heterocycles. The summed E-state index contributed by atoms with van der Waals surface area (Å²) in [4.78, 5) is 15.7. The Hall–Kier alpha value is -1.85. The topological polar surface area (TPSA) is 55.5 Å². The molecule has 0 aliphatic rings. The number of hydrogen-bond acceptors (Lipinski definition) is 4. The number of benzene rings is 2. The summed E-state index contributed by atoms with van der Waals surface area (Å²) in [7, 11) is 0. The van der Waals surface area contributed by atoms with Crippen LogP contribution in [0.1, 0.15) is 5.56 Å². The Balaban J connectivity index is 2.22. The van der Waals surface area contributed by atoms with E-state index in [0.29, 0.717) is 5.69 Å². The lowest BCUT2D eigenvalue weighted by Crippen LogP contribution is -1.88. The van der Waals surface area contributed by atoms with E-state index < -0.39 is 4.92 Å². The molecule has 0 radical (unpaired) electrons. The average Bonchev–Trinajstić information content (AvgIpc) is 2.46. The van der Waals surface area contributed by atoms with Gasteiger partial charge in [0, 0.05) is 17.2 Å². The van der Waals surface area contributed by atoms with Crippen molar-refractivity contribution in [3.63, 3.8) is 0 Å². The molecule has 0 N–H and O–H groups in total. The molecular weight excluding hydrogens is 296 g/mol. The number of thioether (sulfide) groups is 1. The van der Waals surface area contributed by atoms with Crippen LogP contribution in [0.25, 0.3) is 0 Å². The van der Waals surface area contributed by atoms with Crippen LogP contribution in [0, 0.1) is 10.1 Å². The summed E-state index contributed by atoms with van der Waals surface area (Å²) in [5.74, 6) is 0. The molecule has 0 heterocycles. The molecule has 0 bridgehead atoms. The maximum absolute atomic E-state index is 10.8. The lowest BCUT2D eigenvalue weighted by atomic mass is 10.2. The second-order valence-corrected chi connectivity index (χ2v) is 5.21. The second kappa shape index (κ2) is 6.54. The van der Waals surface area contributed by atoms with Crippen molar-refractivity contribution in [2.75, 3.05) is 6.26 Å². The number of aliphatic imine (C=N–C) groups is 1. The van der Waals surface area contributed by atoms with Crippen molar-refractivity contribution in [2.24, 2.45) is 4.99 Å². The number of nitro groups is 1. The fraction of sp³-hybridized carbons (Fsp3) is 0.0714. The van der Waals surface area contributed by atoms with Crippen molar-refractivity contribution < 1.29 is 4.92 Å². The highest BCUT2D eigenvalue weighted by molar-refractivity contribution is 7.98. The summed E-state index contributed by atoms with van der Waals surface area (Å²) >= 11 is 7.41. The molecule has 4 nitrogen and oxygen atoms in total. The van der Waals surface area contributed by atoms with Crippen molar-refractivity contribution in [3.05, 3.63) is 63.2 Å². The molecule has 2 rings (SSSR count). The van der Waals surface area contributed by atoms with Gasteiger partial charge in [-0.15, -0.1) is 11.8 Å². The van der Waals surface area contributed by atoms with E-state index in [1.165, 1.54) is 17.0 Å². The SMILES string of the molecule is CSc1ccc(C=Nc2ccc(Cl)c([N+](=O)[O-])c2)cc1. The van der Waals surface area contributed by atoms with E-state index in [9.17, 15) is 10.1 Å². The van der Waals surface area contributed by atoms with E-state index in [1.807, 2.05) is 30.5 Å². The third-order valence-corrected chi connectivity index (χ3v) is 3.67. The predicted molar refractivity (Wildman–Crippen MR) is 83.6 cm³/mol. The maximum atomic E-state index is 10.8. The smallest absolute Gasteiger partial charge is 0.258 e. The largest absolute Gasteiger partial charge is 0.290 e. The predicted octanol–water partition coefficient (Wildman–Crippen LogP) is 4.72. The van der Waals surface area contributed by atoms with Crippen LogP contribution in [0.5, 0.6) is 0 Å². The fourth-order valence-corrected chi connectivity index (χ4v) is 2.16.